The van der Waals surface area contributed by atoms with Crippen molar-refractivity contribution in [1.82, 2.24) is 0 Å². The Morgan fingerprint density at radius 3 is 2.25 bits per heavy atom. The van der Waals surface area contributed by atoms with Gasteiger partial charge in [-0.15, -0.1) is 0 Å². The molecule has 4 nitrogen and oxygen atoms in total. The highest BCUT2D eigenvalue weighted by molar-refractivity contribution is 4.56. The first-order valence-electron chi connectivity index (χ1n) is 4.35. The fraction of sp³-hybridized carbons (Fsp3) is 1.00. The van der Waals surface area contributed by atoms with E-state index in [9.17, 15) is 0 Å². The third-order valence-corrected chi connectivity index (χ3v) is 1.92. The Hall–Kier alpha value is -0.160. The molecule has 0 saturated carbocycles. The Labute approximate surface area is 73.0 Å². The van der Waals surface area contributed by atoms with Crippen molar-refractivity contribution < 1.29 is 20.3 Å². The van der Waals surface area contributed by atoms with Crippen LogP contribution in [0.15, 0.2) is 0 Å². The van der Waals surface area contributed by atoms with Crippen LogP contribution in [0.5, 0.6) is 0 Å². The van der Waals surface area contributed by atoms with E-state index in [4.69, 9.17) is 10.5 Å². The van der Waals surface area contributed by atoms with Crippen molar-refractivity contribution in [2.24, 2.45) is 0 Å². The minimum atomic E-state index is -0.138. The van der Waals surface area contributed by atoms with Crippen molar-refractivity contribution in [3.63, 3.8) is 0 Å². The maximum atomic E-state index is 8.37. The van der Waals surface area contributed by atoms with Gasteiger partial charge in [-0.2, -0.15) is 0 Å². The van der Waals surface area contributed by atoms with Gasteiger partial charge in [-0.1, -0.05) is 6.92 Å². The Morgan fingerprint density at radius 1 is 1.17 bits per heavy atom. The molecule has 0 rings (SSSR count). The van der Waals surface area contributed by atoms with Gasteiger partial charge in [-0.3, -0.25) is 10.5 Å². The summed E-state index contributed by atoms with van der Waals surface area (Å²) in [4.78, 5) is 8.31. The lowest BCUT2D eigenvalue weighted by molar-refractivity contribution is -0.284. The molecule has 2 atom stereocenters. The molecule has 2 N–H and O–H groups in total. The minimum absolute atomic E-state index is 0.0871. The van der Waals surface area contributed by atoms with Crippen molar-refractivity contribution in [2.75, 3.05) is 0 Å². The molecule has 0 aliphatic carbocycles. The molecule has 0 spiro atoms. The summed E-state index contributed by atoms with van der Waals surface area (Å²) in [6.45, 7) is 3.74. The fourth-order valence-corrected chi connectivity index (χ4v) is 1.02. The lowest BCUT2D eigenvalue weighted by Crippen LogP contribution is -2.11. The average Bonchev–Trinajstić information content (AvgIpc) is 2.12. The van der Waals surface area contributed by atoms with E-state index in [0.29, 0.717) is 0 Å². The van der Waals surface area contributed by atoms with Crippen LogP contribution in [0.1, 0.15) is 39.5 Å². The molecule has 12 heavy (non-hydrogen) atoms. The number of hydrogen-bond acceptors (Lipinski definition) is 4. The monoisotopic (exact) mass is 178 g/mol. The fourth-order valence-electron chi connectivity index (χ4n) is 1.02. The third-order valence-electron chi connectivity index (χ3n) is 1.92. The lowest BCUT2D eigenvalue weighted by Gasteiger charge is -2.11. The predicted molar refractivity (Wildman–Crippen MR) is 44.8 cm³/mol. The van der Waals surface area contributed by atoms with Crippen LogP contribution in [0.4, 0.5) is 0 Å². The van der Waals surface area contributed by atoms with Crippen LogP contribution in [-0.4, -0.2) is 22.7 Å². The molecule has 4 heteroatoms. The average molecular weight is 178 g/mol. The summed E-state index contributed by atoms with van der Waals surface area (Å²) >= 11 is 0. The zero-order valence-corrected chi connectivity index (χ0v) is 7.69. The molecule has 2 unspecified atom stereocenters. The largest absolute Gasteiger partial charge is 0.252 e. The Kier molecular flexibility index (Phi) is 7.39. The van der Waals surface area contributed by atoms with Crippen molar-refractivity contribution in [2.45, 2.75) is 51.7 Å². The van der Waals surface area contributed by atoms with Crippen LogP contribution in [0.25, 0.3) is 0 Å². The van der Waals surface area contributed by atoms with E-state index >= 15 is 0 Å². The van der Waals surface area contributed by atoms with Crippen LogP contribution in [0.2, 0.25) is 0 Å². The molecule has 0 aliphatic heterocycles. The zero-order valence-electron chi connectivity index (χ0n) is 7.69. The molecule has 0 radical (unpaired) electrons. The van der Waals surface area contributed by atoms with Crippen LogP contribution >= 0.6 is 0 Å². The maximum Gasteiger partial charge on any atom is 0.0924 e. The minimum Gasteiger partial charge on any atom is -0.252 e. The lowest BCUT2D eigenvalue weighted by atomic mass is 10.1. The van der Waals surface area contributed by atoms with Crippen molar-refractivity contribution >= 4 is 0 Å². The van der Waals surface area contributed by atoms with Gasteiger partial charge in [0.2, 0.25) is 0 Å². The molecule has 0 aromatic rings. The van der Waals surface area contributed by atoms with Crippen LogP contribution < -0.4 is 0 Å². The third kappa shape index (κ3) is 5.49. The van der Waals surface area contributed by atoms with E-state index in [1.807, 2.05) is 6.92 Å². The molecule has 0 heterocycles. The maximum absolute atomic E-state index is 8.37. The second kappa shape index (κ2) is 7.49. The summed E-state index contributed by atoms with van der Waals surface area (Å²) in [5.41, 5.74) is 0. The van der Waals surface area contributed by atoms with E-state index in [0.717, 1.165) is 25.7 Å². The molecule has 74 valence electrons. The SMILES string of the molecule is CCC(CCCC(C)OO)OO. The Bertz CT molecular complexity index is 93.1. The van der Waals surface area contributed by atoms with Crippen LogP contribution in [-0.2, 0) is 9.78 Å². The van der Waals surface area contributed by atoms with Gasteiger partial charge in [0.25, 0.3) is 0 Å². The Balaban J connectivity index is 3.28. The summed E-state index contributed by atoms with van der Waals surface area (Å²) in [6, 6.07) is 0. The molecule has 0 aliphatic rings. The van der Waals surface area contributed by atoms with Gasteiger partial charge >= 0.3 is 0 Å². The van der Waals surface area contributed by atoms with E-state index < -0.39 is 0 Å². The second-order valence-electron chi connectivity index (χ2n) is 2.98. The topological polar surface area (TPSA) is 58.9 Å². The highest BCUT2D eigenvalue weighted by Gasteiger charge is 2.07. The quantitative estimate of drug-likeness (QED) is 0.464. The van der Waals surface area contributed by atoms with Crippen LogP contribution in [0.3, 0.4) is 0 Å². The smallest absolute Gasteiger partial charge is 0.0924 e. The summed E-state index contributed by atoms with van der Waals surface area (Å²) in [5, 5.41) is 16.6. The van der Waals surface area contributed by atoms with Gasteiger partial charge in [0, 0.05) is 0 Å². The van der Waals surface area contributed by atoms with Gasteiger partial charge in [0.05, 0.1) is 12.2 Å². The normalized spacial score (nSPS) is 16.0. The molecular formula is C8H18O4. The van der Waals surface area contributed by atoms with E-state index in [1.165, 1.54) is 0 Å². The van der Waals surface area contributed by atoms with Gasteiger partial charge in [0.15, 0.2) is 0 Å². The highest BCUT2D eigenvalue weighted by Crippen LogP contribution is 2.09. The number of hydrogen-bond donors (Lipinski definition) is 2. The molecular weight excluding hydrogens is 160 g/mol. The zero-order chi connectivity index (χ0) is 9.40. The summed E-state index contributed by atoms with van der Waals surface area (Å²) in [5.74, 6) is 0. The van der Waals surface area contributed by atoms with E-state index in [1.54, 1.807) is 6.92 Å². The Morgan fingerprint density at radius 2 is 1.83 bits per heavy atom. The first-order chi connectivity index (χ1) is 5.74. The molecule has 0 amide bonds. The molecule has 0 aromatic heterocycles. The van der Waals surface area contributed by atoms with Crippen LogP contribution in [0, 0.1) is 0 Å². The summed E-state index contributed by atoms with van der Waals surface area (Å²) in [7, 11) is 0. The first kappa shape index (κ1) is 11.8. The predicted octanol–water partition coefficient (Wildman–Crippen LogP) is 2.30. The summed E-state index contributed by atoms with van der Waals surface area (Å²) < 4.78 is 0. The van der Waals surface area contributed by atoms with E-state index in [2.05, 4.69) is 9.78 Å². The molecule has 0 fully saturated rings. The second-order valence-corrected chi connectivity index (χ2v) is 2.98. The first-order valence-corrected chi connectivity index (χ1v) is 4.35. The van der Waals surface area contributed by atoms with Gasteiger partial charge < -0.3 is 0 Å². The molecule has 0 aromatic carbocycles. The van der Waals surface area contributed by atoms with Crippen molar-refractivity contribution in [1.29, 1.82) is 0 Å². The summed E-state index contributed by atoms with van der Waals surface area (Å²) in [6.07, 6.45) is 3.01. The molecule has 0 saturated heterocycles. The standard InChI is InChI=1S/C8H18O4/c1-3-8(12-10)6-4-5-7(2)11-9/h7-10H,3-6H2,1-2H3. The van der Waals surface area contributed by atoms with Crippen molar-refractivity contribution in [3.05, 3.63) is 0 Å². The molecule has 0 bridgehead atoms. The van der Waals surface area contributed by atoms with E-state index in [-0.39, 0.29) is 12.2 Å². The van der Waals surface area contributed by atoms with Gasteiger partial charge in [-0.25, -0.2) is 9.78 Å². The highest BCUT2D eigenvalue weighted by atomic mass is 17.1. The number of rotatable bonds is 7. The van der Waals surface area contributed by atoms with Crippen molar-refractivity contribution in [3.8, 4) is 0 Å². The van der Waals surface area contributed by atoms with Gasteiger partial charge in [0.1, 0.15) is 0 Å². The van der Waals surface area contributed by atoms with Gasteiger partial charge in [-0.05, 0) is 32.6 Å².